The summed E-state index contributed by atoms with van der Waals surface area (Å²) >= 11 is 0. The molecule has 0 aliphatic carbocycles. The van der Waals surface area contributed by atoms with Gasteiger partial charge in [0.2, 0.25) is 0 Å². The van der Waals surface area contributed by atoms with Crippen molar-refractivity contribution in [2.24, 2.45) is 0 Å². The van der Waals surface area contributed by atoms with Crippen molar-refractivity contribution in [3.8, 4) is 0 Å². The Labute approximate surface area is 80.4 Å². The van der Waals surface area contributed by atoms with Gasteiger partial charge in [-0.25, -0.2) is 9.71 Å². The highest BCUT2D eigenvalue weighted by atomic mass is 19.4. The fourth-order valence-electron chi connectivity index (χ4n) is 1.04. The molecule has 1 unspecified atom stereocenters. The Balaban J connectivity index is 3.41. The van der Waals surface area contributed by atoms with Gasteiger partial charge in [-0.2, -0.15) is 39.5 Å². The predicted molar refractivity (Wildman–Crippen MR) is 27.9 cm³/mol. The fourth-order valence-corrected chi connectivity index (χ4v) is 1.04. The topological polar surface area (TPSA) is 12.0 Å². The monoisotopic (exact) mass is 265 g/mol. The lowest BCUT2D eigenvalue weighted by Gasteiger charge is -2.28. The summed E-state index contributed by atoms with van der Waals surface area (Å²) in [6.07, 6.45) is -6.63. The Morgan fingerprint density at radius 2 is 1.06 bits per heavy atom. The molecule has 1 aliphatic heterocycles. The maximum atomic E-state index is 12.6. The van der Waals surface area contributed by atoms with Crippen molar-refractivity contribution in [1.29, 1.82) is 0 Å². The van der Waals surface area contributed by atoms with Gasteiger partial charge in [0.05, 0.1) is 0 Å². The fraction of sp³-hybridized carbons (Fsp3) is 1.00. The van der Waals surface area contributed by atoms with Crippen molar-refractivity contribution in [3.05, 3.63) is 0 Å². The third kappa shape index (κ3) is 1.17. The van der Waals surface area contributed by atoms with Crippen LogP contribution in [0.5, 0.6) is 0 Å². The zero-order chi connectivity index (χ0) is 13.2. The molecule has 1 aliphatic rings. The largest absolute Gasteiger partial charge is 0.443 e. The van der Waals surface area contributed by atoms with E-state index in [9.17, 15) is 43.9 Å². The molecule has 0 amide bonds. The molecule has 1 atom stereocenters. The smallest absolute Gasteiger partial charge is 0.209 e. The van der Waals surface area contributed by atoms with Gasteiger partial charge in [0.15, 0.2) is 0 Å². The molecule has 0 spiro atoms. The summed E-state index contributed by atoms with van der Waals surface area (Å²) < 4.78 is 121. The van der Waals surface area contributed by atoms with Crippen LogP contribution in [0, 0.1) is 0 Å². The van der Waals surface area contributed by atoms with Crippen molar-refractivity contribution >= 4 is 0 Å². The van der Waals surface area contributed by atoms with E-state index in [1.54, 1.807) is 0 Å². The Bertz CT molecular complexity index is 305. The molecule has 1 heterocycles. The van der Waals surface area contributed by atoms with Crippen LogP contribution in [0.3, 0.4) is 0 Å². The minimum Gasteiger partial charge on any atom is -0.209 e. The SMILES string of the molecule is FC(F)(F)C1(F)NC(F)(F)C(F)(F)C1(F)F. The lowest BCUT2D eigenvalue weighted by molar-refractivity contribution is -0.336. The Kier molecular flexibility index (Phi) is 2.28. The van der Waals surface area contributed by atoms with Crippen molar-refractivity contribution < 1.29 is 43.9 Å². The number of alkyl halides is 10. The van der Waals surface area contributed by atoms with E-state index < -0.39 is 35.2 Å². The second kappa shape index (κ2) is 2.74. The summed E-state index contributed by atoms with van der Waals surface area (Å²) in [5.41, 5.74) is 0. The Morgan fingerprint density at radius 1 is 0.688 bits per heavy atom. The van der Waals surface area contributed by atoms with Crippen molar-refractivity contribution in [3.63, 3.8) is 0 Å². The third-order valence-electron chi connectivity index (χ3n) is 1.94. The van der Waals surface area contributed by atoms with Crippen LogP contribution in [0.15, 0.2) is 0 Å². The molecular weight excluding hydrogens is 264 g/mol. The minimum atomic E-state index is -6.63. The van der Waals surface area contributed by atoms with Crippen LogP contribution in [0.4, 0.5) is 43.9 Å². The lowest BCUT2D eigenvalue weighted by atomic mass is 10.1. The molecule has 16 heavy (non-hydrogen) atoms. The number of hydrogen-bond donors (Lipinski definition) is 1. The molecule has 1 fully saturated rings. The average Bonchev–Trinajstić information content (AvgIpc) is 2.07. The zero-order valence-corrected chi connectivity index (χ0v) is 6.78. The molecule has 11 heteroatoms. The van der Waals surface area contributed by atoms with Crippen LogP contribution in [0.25, 0.3) is 0 Å². The molecule has 0 aromatic heterocycles. The molecule has 96 valence electrons. The normalized spacial score (nSPS) is 36.4. The molecular formula is C5HF10N. The van der Waals surface area contributed by atoms with Crippen LogP contribution in [0.1, 0.15) is 0 Å². The van der Waals surface area contributed by atoms with Crippen molar-refractivity contribution in [2.75, 3.05) is 0 Å². The summed E-state index contributed by atoms with van der Waals surface area (Å²) in [5, 5.41) is -0.698. The summed E-state index contributed by atoms with van der Waals surface area (Å²) in [6, 6.07) is -6.01. The highest BCUT2D eigenvalue weighted by molar-refractivity contribution is 5.17. The standard InChI is InChI=1S/C5HF10N/c6-1(7)2(8,9)5(14,15)16-3(1,10)4(11,12)13/h16H. The lowest BCUT2D eigenvalue weighted by Crippen LogP contribution is -2.61. The van der Waals surface area contributed by atoms with E-state index in [-0.39, 0.29) is 0 Å². The van der Waals surface area contributed by atoms with Crippen LogP contribution in [-0.2, 0) is 0 Å². The van der Waals surface area contributed by atoms with E-state index >= 15 is 0 Å². The average molecular weight is 265 g/mol. The number of halogens is 10. The van der Waals surface area contributed by atoms with Crippen LogP contribution < -0.4 is 5.32 Å². The third-order valence-corrected chi connectivity index (χ3v) is 1.94. The first-order chi connectivity index (χ1) is 6.71. The van der Waals surface area contributed by atoms with E-state index in [0.29, 0.717) is 0 Å². The minimum absolute atomic E-state index is 0.698. The first-order valence-electron chi connectivity index (χ1n) is 3.39. The summed E-state index contributed by atoms with van der Waals surface area (Å²) in [4.78, 5) is 0. The molecule has 1 nitrogen and oxygen atoms in total. The maximum absolute atomic E-state index is 12.6. The predicted octanol–water partition coefficient (Wildman–Crippen LogP) is 2.68. The van der Waals surface area contributed by atoms with E-state index in [2.05, 4.69) is 0 Å². The van der Waals surface area contributed by atoms with E-state index in [1.165, 1.54) is 0 Å². The van der Waals surface area contributed by atoms with Gasteiger partial charge in [0.1, 0.15) is 0 Å². The molecule has 0 radical (unpaired) electrons. The summed E-state index contributed by atoms with van der Waals surface area (Å²) in [5.74, 6) is -19.3. The number of nitrogens with one attached hydrogen (secondary N) is 1. The molecule has 0 saturated carbocycles. The van der Waals surface area contributed by atoms with Gasteiger partial charge < -0.3 is 0 Å². The highest BCUT2D eigenvalue weighted by Crippen LogP contribution is 2.60. The van der Waals surface area contributed by atoms with Gasteiger partial charge in [-0.1, -0.05) is 0 Å². The molecule has 1 saturated heterocycles. The van der Waals surface area contributed by atoms with Gasteiger partial charge >= 0.3 is 29.9 Å². The quantitative estimate of drug-likeness (QED) is 0.524. The van der Waals surface area contributed by atoms with Gasteiger partial charge in [0.25, 0.3) is 0 Å². The first-order valence-corrected chi connectivity index (χ1v) is 3.39. The molecule has 1 rings (SSSR count). The second-order valence-corrected chi connectivity index (χ2v) is 3.00. The van der Waals surface area contributed by atoms with E-state index in [0.717, 1.165) is 0 Å². The van der Waals surface area contributed by atoms with Crippen LogP contribution >= 0.6 is 0 Å². The molecule has 0 aromatic carbocycles. The zero-order valence-electron chi connectivity index (χ0n) is 6.78. The van der Waals surface area contributed by atoms with Crippen molar-refractivity contribution in [1.82, 2.24) is 5.32 Å². The van der Waals surface area contributed by atoms with Gasteiger partial charge in [-0.3, -0.25) is 0 Å². The van der Waals surface area contributed by atoms with E-state index in [1.807, 2.05) is 0 Å². The van der Waals surface area contributed by atoms with Crippen LogP contribution in [0.2, 0.25) is 0 Å². The van der Waals surface area contributed by atoms with Gasteiger partial charge in [-0.05, 0) is 0 Å². The number of rotatable bonds is 0. The van der Waals surface area contributed by atoms with E-state index in [4.69, 9.17) is 0 Å². The Hall–Kier alpha value is -0.740. The van der Waals surface area contributed by atoms with Gasteiger partial charge in [-0.15, -0.1) is 0 Å². The Morgan fingerprint density at radius 3 is 1.19 bits per heavy atom. The van der Waals surface area contributed by atoms with Crippen molar-refractivity contribution in [2.45, 2.75) is 29.9 Å². The molecule has 1 N–H and O–H groups in total. The highest BCUT2D eigenvalue weighted by Gasteiger charge is 2.93. The summed E-state index contributed by atoms with van der Waals surface area (Å²) in [7, 11) is 0. The molecule has 0 bridgehead atoms. The van der Waals surface area contributed by atoms with Crippen LogP contribution in [-0.4, -0.2) is 29.9 Å². The maximum Gasteiger partial charge on any atom is 0.443 e. The molecule has 0 aromatic rings. The first kappa shape index (κ1) is 13.3. The summed E-state index contributed by atoms with van der Waals surface area (Å²) in [6.45, 7) is 0. The van der Waals surface area contributed by atoms with Gasteiger partial charge in [0, 0.05) is 0 Å². The number of hydrogen-bond acceptors (Lipinski definition) is 1. The second-order valence-electron chi connectivity index (χ2n) is 3.00.